The van der Waals surface area contributed by atoms with Crippen LogP contribution in [0.3, 0.4) is 0 Å². The third kappa shape index (κ3) is 2.00. The molecule has 0 unspecified atom stereocenters. The second-order valence-electron chi connectivity index (χ2n) is 3.86. The van der Waals surface area contributed by atoms with Crippen molar-refractivity contribution in [3.8, 4) is 0 Å². The number of hydrogen-bond acceptors (Lipinski definition) is 4. The fourth-order valence-electron chi connectivity index (χ4n) is 1.64. The predicted molar refractivity (Wildman–Crippen MR) is 54.5 cm³/mol. The van der Waals surface area contributed by atoms with E-state index in [0.29, 0.717) is 16.3 Å². The Morgan fingerprint density at radius 1 is 1.56 bits per heavy atom. The van der Waals surface area contributed by atoms with Crippen LogP contribution in [0, 0.1) is 0 Å². The van der Waals surface area contributed by atoms with E-state index in [1.165, 1.54) is 0 Å². The summed E-state index contributed by atoms with van der Waals surface area (Å²) in [6.45, 7) is 0. The Morgan fingerprint density at radius 2 is 2.17 bits per heavy atom. The molecule has 1 saturated carbocycles. The minimum Gasteiger partial charge on any atom is -0.481 e. The number of halogens is 3. The van der Waals surface area contributed by atoms with Crippen LogP contribution in [0.25, 0.3) is 0 Å². The minimum atomic E-state index is -4.56. The topological polar surface area (TPSA) is 88.0 Å². The lowest BCUT2D eigenvalue weighted by atomic mass is 10.2. The highest BCUT2D eigenvalue weighted by atomic mass is 32.2. The SMILES string of the molecule is O=C(O)CSc1n[nH]c(=O)n1C1(C(F)(F)F)CC1. The number of aliphatic carboxylic acids is 1. The molecule has 18 heavy (non-hydrogen) atoms. The molecule has 0 amide bonds. The second-order valence-corrected chi connectivity index (χ2v) is 4.80. The maximum Gasteiger partial charge on any atom is 0.412 e. The lowest BCUT2D eigenvalue weighted by molar-refractivity contribution is -0.182. The van der Waals surface area contributed by atoms with E-state index in [9.17, 15) is 22.8 Å². The highest BCUT2D eigenvalue weighted by molar-refractivity contribution is 7.99. The van der Waals surface area contributed by atoms with Crippen LogP contribution < -0.4 is 5.69 Å². The van der Waals surface area contributed by atoms with E-state index in [2.05, 4.69) is 5.10 Å². The molecule has 0 saturated heterocycles. The lowest BCUT2D eigenvalue weighted by Crippen LogP contribution is -2.40. The maximum absolute atomic E-state index is 12.9. The van der Waals surface area contributed by atoms with Crippen molar-refractivity contribution in [2.45, 2.75) is 29.7 Å². The van der Waals surface area contributed by atoms with Crippen LogP contribution in [0.5, 0.6) is 0 Å². The van der Waals surface area contributed by atoms with Gasteiger partial charge in [0.05, 0.1) is 5.75 Å². The first-order valence-corrected chi connectivity index (χ1v) is 5.86. The van der Waals surface area contributed by atoms with Crippen molar-refractivity contribution in [2.75, 3.05) is 5.75 Å². The zero-order chi connectivity index (χ0) is 13.6. The van der Waals surface area contributed by atoms with Crippen molar-refractivity contribution in [1.29, 1.82) is 0 Å². The Bertz CT molecular complexity index is 532. The molecule has 10 heteroatoms. The number of alkyl halides is 3. The van der Waals surface area contributed by atoms with E-state index in [1.54, 1.807) is 0 Å². The Morgan fingerprint density at radius 3 is 2.61 bits per heavy atom. The summed E-state index contributed by atoms with van der Waals surface area (Å²) in [5, 5.41) is 13.6. The van der Waals surface area contributed by atoms with Gasteiger partial charge in [-0.2, -0.15) is 13.2 Å². The average molecular weight is 283 g/mol. The largest absolute Gasteiger partial charge is 0.481 e. The van der Waals surface area contributed by atoms with Gasteiger partial charge in [-0.25, -0.2) is 9.89 Å². The summed E-state index contributed by atoms with van der Waals surface area (Å²) in [6.07, 6.45) is -4.95. The summed E-state index contributed by atoms with van der Waals surface area (Å²) in [5.41, 5.74) is -3.20. The fourth-order valence-corrected chi connectivity index (χ4v) is 2.38. The third-order valence-electron chi connectivity index (χ3n) is 2.65. The van der Waals surface area contributed by atoms with Crippen molar-refractivity contribution in [1.82, 2.24) is 14.8 Å². The van der Waals surface area contributed by atoms with Crippen LogP contribution in [-0.2, 0) is 10.3 Å². The summed E-state index contributed by atoms with van der Waals surface area (Å²) in [6, 6.07) is 0. The highest BCUT2D eigenvalue weighted by Gasteiger charge is 2.66. The number of carboxylic acids is 1. The van der Waals surface area contributed by atoms with Crippen LogP contribution in [-0.4, -0.2) is 37.8 Å². The summed E-state index contributed by atoms with van der Waals surface area (Å²) in [4.78, 5) is 21.8. The number of nitrogens with one attached hydrogen (secondary N) is 1. The normalized spacial score (nSPS) is 17.7. The van der Waals surface area contributed by atoms with Gasteiger partial charge in [0.15, 0.2) is 5.16 Å². The first-order chi connectivity index (χ1) is 8.28. The summed E-state index contributed by atoms with van der Waals surface area (Å²) >= 11 is 0.580. The van der Waals surface area contributed by atoms with Crippen molar-refractivity contribution < 1.29 is 23.1 Å². The number of hydrogen-bond donors (Lipinski definition) is 2. The molecular weight excluding hydrogens is 275 g/mol. The maximum atomic E-state index is 12.9. The van der Waals surface area contributed by atoms with E-state index >= 15 is 0 Å². The van der Waals surface area contributed by atoms with Gasteiger partial charge in [-0.05, 0) is 12.8 Å². The Labute approximate surface area is 102 Å². The van der Waals surface area contributed by atoms with Crippen LogP contribution in [0.4, 0.5) is 13.2 Å². The molecule has 6 nitrogen and oxygen atoms in total. The van der Waals surface area contributed by atoms with E-state index in [-0.39, 0.29) is 18.0 Å². The first-order valence-electron chi connectivity index (χ1n) is 4.87. The molecule has 0 spiro atoms. The zero-order valence-corrected chi connectivity index (χ0v) is 9.64. The van der Waals surface area contributed by atoms with Gasteiger partial charge in [0.2, 0.25) is 0 Å². The lowest BCUT2D eigenvalue weighted by Gasteiger charge is -2.20. The van der Waals surface area contributed by atoms with Gasteiger partial charge >= 0.3 is 17.8 Å². The number of carbonyl (C=O) groups is 1. The van der Waals surface area contributed by atoms with Crippen molar-refractivity contribution in [3.05, 3.63) is 10.5 Å². The smallest absolute Gasteiger partial charge is 0.412 e. The third-order valence-corrected chi connectivity index (χ3v) is 3.57. The molecule has 100 valence electrons. The molecule has 1 aromatic rings. The van der Waals surface area contributed by atoms with E-state index < -0.39 is 29.1 Å². The number of carboxylic acid groups (broad SMARTS) is 1. The van der Waals surface area contributed by atoms with Crippen LogP contribution >= 0.6 is 11.8 Å². The minimum absolute atomic E-state index is 0.198. The van der Waals surface area contributed by atoms with Gasteiger partial charge in [-0.15, -0.1) is 5.10 Å². The first kappa shape index (κ1) is 13.0. The Kier molecular flexibility index (Phi) is 2.92. The van der Waals surface area contributed by atoms with Crippen LogP contribution in [0.2, 0.25) is 0 Å². The number of aromatic amines is 1. The zero-order valence-electron chi connectivity index (χ0n) is 8.82. The molecule has 0 aromatic carbocycles. The molecular formula is C8H8F3N3O3S. The van der Waals surface area contributed by atoms with Gasteiger partial charge in [-0.1, -0.05) is 11.8 Å². The molecule has 0 aliphatic heterocycles. The van der Waals surface area contributed by atoms with Crippen LogP contribution in [0.15, 0.2) is 9.95 Å². The molecule has 0 bridgehead atoms. The molecule has 1 aliphatic carbocycles. The van der Waals surface area contributed by atoms with E-state index in [0.717, 1.165) is 0 Å². The second kappa shape index (κ2) is 4.04. The van der Waals surface area contributed by atoms with Crippen molar-refractivity contribution in [3.63, 3.8) is 0 Å². The van der Waals surface area contributed by atoms with Gasteiger partial charge in [0.1, 0.15) is 5.54 Å². The molecule has 1 aromatic heterocycles. The van der Waals surface area contributed by atoms with Crippen LogP contribution in [0.1, 0.15) is 12.8 Å². The van der Waals surface area contributed by atoms with E-state index in [4.69, 9.17) is 5.11 Å². The van der Waals surface area contributed by atoms with Gasteiger partial charge in [-0.3, -0.25) is 9.36 Å². The van der Waals surface area contributed by atoms with Gasteiger partial charge < -0.3 is 5.11 Å². The molecule has 0 atom stereocenters. The molecule has 1 heterocycles. The standard InChI is InChI=1S/C8H8F3N3O3S/c9-8(10,11)7(1-2-7)14-5(17)12-13-6(14)18-3-4(15)16/h1-3H2,(H,12,17)(H,15,16). The highest BCUT2D eigenvalue weighted by Crippen LogP contribution is 2.55. The Balaban J connectivity index is 2.36. The summed E-state index contributed by atoms with van der Waals surface area (Å²) < 4.78 is 39.2. The quantitative estimate of drug-likeness (QED) is 0.798. The molecule has 2 N–H and O–H groups in total. The summed E-state index contributed by atoms with van der Waals surface area (Å²) in [7, 11) is 0. The van der Waals surface area contributed by atoms with Crippen molar-refractivity contribution >= 4 is 17.7 Å². The number of H-pyrrole nitrogens is 1. The number of aromatic nitrogens is 3. The Hall–Kier alpha value is -1.45. The molecule has 2 rings (SSSR count). The number of thioether (sulfide) groups is 1. The number of nitrogens with zero attached hydrogens (tertiary/aromatic N) is 2. The average Bonchev–Trinajstić information content (AvgIpc) is 2.95. The van der Waals surface area contributed by atoms with Crippen molar-refractivity contribution in [2.24, 2.45) is 0 Å². The molecule has 1 aliphatic rings. The van der Waals surface area contributed by atoms with Gasteiger partial charge in [0, 0.05) is 0 Å². The fraction of sp³-hybridized carbons (Fsp3) is 0.625. The van der Waals surface area contributed by atoms with Gasteiger partial charge in [0.25, 0.3) is 0 Å². The molecule has 1 fully saturated rings. The molecule has 0 radical (unpaired) electrons. The number of rotatable bonds is 4. The monoisotopic (exact) mass is 283 g/mol. The predicted octanol–water partition coefficient (Wildman–Crippen LogP) is 0.799. The summed E-state index contributed by atoms with van der Waals surface area (Å²) in [5.74, 6) is -1.66. The van der Waals surface area contributed by atoms with E-state index in [1.807, 2.05) is 5.10 Å².